The summed E-state index contributed by atoms with van der Waals surface area (Å²) in [6, 6.07) is 5.55. The fourth-order valence-electron chi connectivity index (χ4n) is 3.85. The molecule has 1 heterocycles. The zero-order valence-electron chi connectivity index (χ0n) is 21.1. The van der Waals surface area contributed by atoms with Gasteiger partial charge in [0.15, 0.2) is 5.78 Å². The number of carbonyl (C=O) groups is 3. The molecule has 36 heavy (non-hydrogen) atoms. The number of hydrogen-bond donors (Lipinski definition) is 1. The highest BCUT2D eigenvalue weighted by molar-refractivity contribution is 7.92. The largest absolute Gasteiger partial charge is 0.481 e. The summed E-state index contributed by atoms with van der Waals surface area (Å²) in [5.41, 5.74) is 2.01. The molecule has 2 rings (SSSR count). The molecule has 0 saturated heterocycles. The third kappa shape index (κ3) is 7.64. The zero-order chi connectivity index (χ0) is 27.2. The molecule has 0 fully saturated rings. The number of benzene rings is 1. The van der Waals surface area contributed by atoms with Crippen LogP contribution in [0.3, 0.4) is 0 Å². The molecular formula is C25H32FN3O6S. The molecule has 0 saturated carbocycles. The number of carboxylic acid groups (broad SMARTS) is 1. The van der Waals surface area contributed by atoms with Crippen molar-refractivity contribution in [2.24, 2.45) is 5.92 Å². The predicted octanol–water partition coefficient (Wildman–Crippen LogP) is 3.76. The Morgan fingerprint density at radius 2 is 1.69 bits per heavy atom. The Balaban J connectivity index is 2.67. The molecule has 196 valence electrons. The lowest BCUT2D eigenvalue weighted by Gasteiger charge is -2.24. The third-order valence-electron chi connectivity index (χ3n) is 5.73. The molecule has 9 nitrogen and oxygen atoms in total. The van der Waals surface area contributed by atoms with Crippen molar-refractivity contribution in [1.82, 2.24) is 9.97 Å². The summed E-state index contributed by atoms with van der Waals surface area (Å²) in [6.07, 6.45) is 1.07. The second-order valence-electron chi connectivity index (χ2n) is 9.07. The van der Waals surface area contributed by atoms with Gasteiger partial charge < -0.3 is 5.11 Å². The lowest BCUT2D eigenvalue weighted by atomic mass is 9.85. The van der Waals surface area contributed by atoms with Crippen molar-refractivity contribution in [3.8, 4) is 11.3 Å². The van der Waals surface area contributed by atoms with E-state index in [-0.39, 0.29) is 24.1 Å². The van der Waals surface area contributed by atoms with Crippen molar-refractivity contribution in [2.75, 3.05) is 17.6 Å². The van der Waals surface area contributed by atoms with Crippen molar-refractivity contribution in [1.29, 1.82) is 0 Å². The first kappa shape index (κ1) is 29.0. The van der Waals surface area contributed by atoms with Crippen LogP contribution in [0.25, 0.3) is 11.3 Å². The molecule has 0 aliphatic rings. The maximum absolute atomic E-state index is 13.7. The van der Waals surface area contributed by atoms with Crippen LogP contribution in [0.4, 0.5) is 10.3 Å². The number of aliphatic carboxylic acids is 1. The van der Waals surface area contributed by atoms with Crippen LogP contribution >= 0.6 is 0 Å². The Morgan fingerprint density at radius 1 is 1.08 bits per heavy atom. The topological polar surface area (TPSA) is 135 Å². The number of halogens is 1. The van der Waals surface area contributed by atoms with Crippen molar-refractivity contribution in [3.63, 3.8) is 0 Å². The van der Waals surface area contributed by atoms with E-state index >= 15 is 0 Å². The Kier molecular flexibility index (Phi) is 9.80. The number of ketones is 2. The van der Waals surface area contributed by atoms with E-state index in [9.17, 15) is 27.2 Å². The minimum atomic E-state index is -3.68. The van der Waals surface area contributed by atoms with Gasteiger partial charge in [-0.3, -0.25) is 14.4 Å². The summed E-state index contributed by atoms with van der Waals surface area (Å²) < 4.78 is 39.0. The van der Waals surface area contributed by atoms with E-state index in [0.29, 0.717) is 35.4 Å². The lowest BCUT2D eigenvalue weighted by molar-refractivity contribution is -0.140. The van der Waals surface area contributed by atoms with Crippen LogP contribution in [0.5, 0.6) is 0 Å². The smallest absolute Gasteiger partial charge is 0.310 e. The summed E-state index contributed by atoms with van der Waals surface area (Å²) >= 11 is 0. The number of rotatable bonds is 13. The molecule has 1 aromatic heterocycles. The summed E-state index contributed by atoms with van der Waals surface area (Å²) in [5.74, 6) is -3.63. The van der Waals surface area contributed by atoms with E-state index in [1.165, 1.54) is 31.3 Å². The fraction of sp³-hybridized carbons (Fsp3) is 0.480. The first-order valence-corrected chi connectivity index (χ1v) is 13.5. The van der Waals surface area contributed by atoms with Gasteiger partial charge in [-0.25, -0.2) is 27.1 Å². The van der Waals surface area contributed by atoms with Gasteiger partial charge in [0.1, 0.15) is 18.0 Å². The zero-order valence-corrected chi connectivity index (χ0v) is 21.9. The number of carboxylic acids is 1. The van der Waals surface area contributed by atoms with Gasteiger partial charge in [-0.2, -0.15) is 0 Å². The van der Waals surface area contributed by atoms with Crippen LogP contribution in [0.1, 0.15) is 63.6 Å². The maximum atomic E-state index is 13.7. The quantitative estimate of drug-likeness (QED) is 0.394. The normalized spacial score (nSPS) is 12.4. The summed E-state index contributed by atoms with van der Waals surface area (Å²) in [7, 11) is -2.34. The number of aromatic nitrogens is 2. The molecule has 0 amide bonds. The molecule has 0 bridgehead atoms. The number of carbonyl (C=O) groups excluding carboxylic acids is 2. The van der Waals surface area contributed by atoms with E-state index in [4.69, 9.17) is 5.11 Å². The van der Waals surface area contributed by atoms with Gasteiger partial charge in [0.05, 0.1) is 24.1 Å². The summed E-state index contributed by atoms with van der Waals surface area (Å²) in [6.45, 7) is 5.64. The summed E-state index contributed by atoms with van der Waals surface area (Å²) in [5, 5.41) is 8.86. The predicted molar refractivity (Wildman–Crippen MR) is 134 cm³/mol. The van der Waals surface area contributed by atoms with Crippen LogP contribution < -0.4 is 4.31 Å². The van der Waals surface area contributed by atoms with Crippen LogP contribution in [-0.4, -0.2) is 54.3 Å². The number of hydrogen-bond acceptors (Lipinski definition) is 7. The number of anilines is 1. The van der Waals surface area contributed by atoms with Gasteiger partial charge in [-0.15, -0.1) is 0 Å². The number of Topliss-reactive ketones (excluding diaryl/α,β-unsaturated/α-hetero) is 2. The van der Waals surface area contributed by atoms with Crippen LogP contribution in [0.15, 0.2) is 24.3 Å². The Labute approximate surface area is 210 Å². The summed E-state index contributed by atoms with van der Waals surface area (Å²) in [4.78, 5) is 44.9. The van der Waals surface area contributed by atoms with Crippen LogP contribution in [-0.2, 0) is 30.8 Å². The molecule has 2 aromatic rings. The standard InChI is InChI=1S/C25H32FN3O6S/c1-6-7-17(21(31)13-19(30)14-22(32)33)12-20-23(15(2)3)27-25(29(4)36(5,34)35)28-24(20)16-8-10-18(26)11-9-16/h8-11,15,17H,6-7,12-14H2,1-5H3,(H,32,33). The molecule has 0 radical (unpaired) electrons. The molecule has 1 aromatic carbocycles. The highest BCUT2D eigenvalue weighted by atomic mass is 32.2. The van der Waals surface area contributed by atoms with Crippen LogP contribution in [0, 0.1) is 11.7 Å². The van der Waals surface area contributed by atoms with Gasteiger partial charge in [-0.05, 0) is 43.0 Å². The van der Waals surface area contributed by atoms with Gasteiger partial charge in [0, 0.05) is 24.1 Å². The Hall–Kier alpha value is -3.21. The van der Waals surface area contributed by atoms with Gasteiger partial charge in [0.25, 0.3) is 0 Å². The fourth-order valence-corrected chi connectivity index (χ4v) is 4.22. The number of nitrogens with zero attached hydrogens (tertiary/aromatic N) is 3. The minimum Gasteiger partial charge on any atom is -0.481 e. The van der Waals surface area contributed by atoms with Crippen molar-refractivity contribution in [3.05, 3.63) is 41.3 Å². The van der Waals surface area contributed by atoms with E-state index in [1.807, 2.05) is 20.8 Å². The Morgan fingerprint density at radius 3 is 2.19 bits per heavy atom. The highest BCUT2D eigenvalue weighted by Crippen LogP contribution is 2.33. The molecular weight excluding hydrogens is 489 g/mol. The van der Waals surface area contributed by atoms with Gasteiger partial charge in [0.2, 0.25) is 16.0 Å². The van der Waals surface area contributed by atoms with Crippen molar-refractivity contribution < 1.29 is 32.3 Å². The molecule has 0 spiro atoms. The average molecular weight is 522 g/mol. The van der Waals surface area contributed by atoms with Crippen molar-refractivity contribution >= 4 is 33.5 Å². The average Bonchev–Trinajstić information content (AvgIpc) is 2.77. The second kappa shape index (κ2) is 12.2. The third-order valence-corrected chi connectivity index (χ3v) is 6.89. The molecule has 1 unspecified atom stereocenters. The lowest BCUT2D eigenvalue weighted by Crippen LogP contribution is -2.28. The second-order valence-corrected chi connectivity index (χ2v) is 11.1. The molecule has 11 heteroatoms. The monoisotopic (exact) mass is 521 g/mol. The number of sulfonamides is 1. The highest BCUT2D eigenvalue weighted by Gasteiger charge is 2.28. The van der Waals surface area contributed by atoms with E-state index in [0.717, 1.165) is 10.6 Å². The van der Waals surface area contributed by atoms with E-state index in [1.54, 1.807) is 0 Å². The Bertz CT molecular complexity index is 1230. The SMILES string of the molecule is CCCC(Cc1c(-c2ccc(F)cc2)nc(N(C)S(C)(=O)=O)nc1C(C)C)C(=O)CC(=O)CC(=O)O. The maximum Gasteiger partial charge on any atom is 0.310 e. The molecule has 0 aliphatic carbocycles. The molecule has 0 aliphatic heterocycles. The van der Waals surface area contributed by atoms with E-state index < -0.39 is 46.4 Å². The molecule has 1 atom stereocenters. The van der Waals surface area contributed by atoms with Crippen LogP contribution in [0.2, 0.25) is 0 Å². The first-order valence-electron chi connectivity index (χ1n) is 11.6. The van der Waals surface area contributed by atoms with Gasteiger partial charge >= 0.3 is 5.97 Å². The minimum absolute atomic E-state index is 0.0562. The van der Waals surface area contributed by atoms with Crippen molar-refractivity contribution in [2.45, 2.75) is 58.8 Å². The van der Waals surface area contributed by atoms with E-state index in [2.05, 4.69) is 9.97 Å². The first-order chi connectivity index (χ1) is 16.7. The van der Waals surface area contributed by atoms with Gasteiger partial charge in [-0.1, -0.05) is 27.2 Å². The molecule has 1 N–H and O–H groups in total.